The fourth-order valence-electron chi connectivity index (χ4n) is 1.97. The van der Waals surface area contributed by atoms with Crippen molar-refractivity contribution in [3.05, 3.63) is 29.8 Å². The highest BCUT2D eigenvalue weighted by molar-refractivity contribution is 5.90. The molecule has 0 aromatic heterocycles. The Labute approximate surface area is 112 Å². The number of hydrogen-bond acceptors (Lipinski definition) is 4. The van der Waals surface area contributed by atoms with Crippen molar-refractivity contribution in [2.75, 3.05) is 26.4 Å². The fourth-order valence-corrected chi connectivity index (χ4v) is 1.97. The lowest BCUT2D eigenvalue weighted by atomic mass is 10.2. The number of carboxylic acid groups (broad SMARTS) is 1. The van der Waals surface area contributed by atoms with Crippen molar-refractivity contribution in [1.29, 1.82) is 0 Å². The molecule has 1 unspecified atom stereocenters. The van der Waals surface area contributed by atoms with Crippen LogP contribution in [0.25, 0.3) is 0 Å². The van der Waals surface area contributed by atoms with Gasteiger partial charge >= 0.3 is 5.97 Å². The van der Waals surface area contributed by atoms with Gasteiger partial charge in [0.1, 0.15) is 17.9 Å². The monoisotopic (exact) mass is 266 g/mol. The normalized spacial score (nSPS) is 18.4. The van der Waals surface area contributed by atoms with Gasteiger partial charge in [0, 0.05) is 6.61 Å². The van der Waals surface area contributed by atoms with Crippen molar-refractivity contribution in [2.45, 2.75) is 18.9 Å². The van der Waals surface area contributed by atoms with Gasteiger partial charge in [-0.05, 0) is 25.0 Å². The summed E-state index contributed by atoms with van der Waals surface area (Å²) in [6.45, 7) is 2.14. The molecule has 5 nitrogen and oxygen atoms in total. The van der Waals surface area contributed by atoms with E-state index < -0.39 is 5.97 Å². The van der Waals surface area contributed by atoms with E-state index in [1.165, 1.54) is 6.07 Å². The number of benzene rings is 1. The van der Waals surface area contributed by atoms with Crippen LogP contribution in [0.1, 0.15) is 23.2 Å². The van der Waals surface area contributed by atoms with Gasteiger partial charge in [0.05, 0.1) is 19.3 Å². The minimum absolute atomic E-state index is 0.168. The minimum atomic E-state index is -0.990. The Morgan fingerprint density at radius 2 is 2.21 bits per heavy atom. The third-order valence-electron chi connectivity index (χ3n) is 2.93. The number of rotatable bonds is 7. The molecule has 1 aliphatic heterocycles. The van der Waals surface area contributed by atoms with Crippen molar-refractivity contribution in [3.8, 4) is 5.75 Å². The third kappa shape index (κ3) is 4.22. The Morgan fingerprint density at radius 1 is 1.37 bits per heavy atom. The Bertz CT molecular complexity index is 412. The summed E-state index contributed by atoms with van der Waals surface area (Å²) in [4.78, 5) is 11.0. The van der Waals surface area contributed by atoms with Crippen LogP contribution in [0.15, 0.2) is 24.3 Å². The molecule has 2 rings (SSSR count). The second-order valence-electron chi connectivity index (χ2n) is 4.36. The lowest BCUT2D eigenvalue weighted by Gasteiger charge is -2.11. The van der Waals surface area contributed by atoms with Crippen LogP contribution in [-0.2, 0) is 9.47 Å². The van der Waals surface area contributed by atoms with Gasteiger partial charge in [-0.25, -0.2) is 4.79 Å². The zero-order chi connectivity index (χ0) is 13.5. The van der Waals surface area contributed by atoms with Crippen LogP contribution in [0.2, 0.25) is 0 Å². The van der Waals surface area contributed by atoms with Crippen molar-refractivity contribution in [2.24, 2.45) is 0 Å². The SMILES string of the molecule is O=C(O)c1ccccc1OCCOCC1CCCO1. The summed E-state index contributed by atoms with van der Waals surface area (Å²) in [7, 11) is 0. The van der Waals surface area contributed by atoms with Crippen LogP contribution in [0.5, 0.6) is 5.75 Å². The lowest BCUT2D eigenvalue weighted by Crippen LogP contribution is -2.17. The maximum Gasteiger partial charge on any atom is 0.339 e. The number of aromatic carboxylic acids is 1. The van der Waals surface area contributed by atoms with Gasteiger partial charge in [-0.1, -0.05) is 12.1 Å². The number of carboxylic acids is 1. The van der Waals surface area contributed by atoms with Gasteiger partial charge in [-0.2, -0.15) is 0 Å². The zero-order valence-electron chi connectivity index (χ0n) is 10.7. The van der Waals surface area contributed by atoms with Crippen molar-refractivity contribution >= 4 is 5.97 Å². The smallest absolute Gasteiger partial charge is 0.339 e. The second kappa shape index (κ2) is 7.11. The first-order chi connectivity index (χ1) is 9.27. The van der Waals surface area contributed by atoms with Crippen LogP contribution in [0.3, 0.4) is 0 Å². The Morgan fingerprint density at radius 3 is 2.95 bits per heavy atom. The van der Waals surface area contributed by atoms with Crippen LogP contribution in [-0.4, -0.2) is 43.6 Å². The van der Waals surface area contributed by atoms with E-state index in [1.807, 2.05) is 0 Å². The molecular weight excluding hydrogens is 248 g/mol. The molecule has 1 heterocycles. The van der Waals surface area contributed by atoms with Crippen LogP contribution >= 0.6 is 0 Å². The number of carbonyl (C=O) groups is 1. The average molecular weight is 266 g/mol. The zero-order valence-corrected chi connectivity index (χ0v) is 10.7. The number of ether oxygens (including phenoxy) is 3. The molecule has 0 spiro atoms. The molecular formula is C14H18O5. The van der Waals surface area contributed by atoms with Crippen molar-refractivity contribution in [1.82, 2.24) is 0 Å². The van der Waals surface area contributed by atoms with Crippen LogP contribution in [0.4, 0.5) is 0 Å². The maximum absolute atomic E-state index is 11.0. The van der Waals surface area contributed by atoms with Crippen LogP contribution < -0.4 is 4.74 Å². The van der Waals surface area contributed by atoms with E-state index in [2.05, 4.69) is 0 Å². The molecule has 1 saturated heterocycles. The first-order valence-electron chi connectivity index (χ1n) is 6.42. The van der Waals surface area contributed by atoms with Gasteiger partial charge in [0.2, 0.25) is 0 Å². The predicted molar refractivity (Wildman–Crippen MR) is 68.7 cm³/mol. The molecule has 0 aliphatic carbocycles. The number of para-hydroxylation sites is 1. The molecule has 19 heavy (non-hydrogen) atoms. The van der Waals surface area contributed by atoms with Gasteiger partial charge in [0.15, 0.2) is 0 Å². The standard InChI is InChI=1S/C14H18O5/c15-14(16)12-5-1-2-6-13(12)19-9-8-17-10-11-4-3-7-18-11/h1-2,5-6,11H,3-4,7-10H2,(H,15,16). The highest BCUT2D eigenvalue weighted by atomic mass is 16.6. The molecule has 1 atom stereocenters. The van der Waals surface area contributed by atoms with Gasteiger partial charge in [-0.3, -0.25) is 0 Å². The van der Waals surface area contributed by atoms with Crippen LogP contribution in [0, 0.1) is 0 Å². The van der Waals surface area contributed by atoms with Crippen molar-refractivity contribution < 1.29 is 24.1 Å². The highest BCUT2D eigenvalue weighted by Gasteiger charge is 2.15. The first-order valence-corrected chi connectivity index (χ1v) is 6.42. The van der Waals surface area contributed by atoms with E-state index in [4.69, 9.17) is 19.3 Å². The molecule has 0 radical (unpaired) electrons. The van der Waals surface area contributed by atoms with Gasteiger partial charge < -0.3 is 19.3 Å². The maximum atomic E-state index is 11.0. The molecule has 1 aliphatic rings. The summed E-state index contributed by atoms with van der Waals surface area (Å²) >= 11 is 0. The quantitative estimate of drug-likeness (QED) is 0.764. The predicted octanol–water partition coefficient (Wildman–Crippen LogP) is 1.96. The van der Waals surface area contributed by atoms with E-state index in [9.17, 15) is 4.79 Å². The average Bonchev–Trinajstić information content (AvgIpc) is 2.92. The van der Waals surface area contributed by atoms with E-state index >= 15 is 0 Å². The molecule has 0 bridgehead atoms. The summed E-state index contributed by atoms with van der Waals surface area (Å²) in [5.74, 6) is -0.619. The molecule has 5 heteroatoms. The lowest BCUT2D eigenvalue weighted by molar-refractivity contribution is 0.00842. The first kappa shape index (κ1) is 13.8. The molecule has 1 fully saturated rings. The van der Waals surface area contributed by atoms with E-state index in [0.717, 1.165) is 19.4 Å². The Kier molecular flexibility index (Phi) is 5.18. The molecule has 0 saturated carbocycles. The van der Waals surface area contributed by atoms with Gasteiger partial charge in [-0.15, -0.1) is 0 Å². The fraction of sp³-hybridized carbons (Fsp3) is 0.500. The van der Waals surface area contributed by atoms with E-state index in [1.54, 1.807) is 18.2 Å². The minimum Gasteiger partial charge on any atom is -0.490 e. The van der Waals surface area contributed by atoms with Gasteiger partial charge in [0.25, 0.3) is 0 Å². The van der Waals surface area contributed by atoms with E-state index in [0.29, 0.717) is 25.6 Å². The Balaban J connectivity index is 1.69. The Hall–Kier alpha value is -1.59. The topological polar surface area (TPSA) is 65.0 Å². The second-order valence-corrected chi connectivity index (χ2v) is 4.36. The highest BCUT2D eigenvalue weighted by Crippen LogP contribution is 2.17. The summed E-state index contributed by atoms with van der Waals surface area (Å²) < 4.78 is 16.3. The molecule has 104 valence electrons. The van der Waals surface area contributed by atoms with E-state index in [-0.39, 0.29) is 11.7 Å². The number of hydrogen-bond donors (Lipinski definition) is 1. The molecule has 1 aromatic rings. The third-order valence-corrected chi connectivity index (χ3v) is 2.93. The largest absolute Gasteiger partial charge is 0.490 e. The summed E-state index contributed by atoms with van der Waals surface area (Å²) in [6.07, 6.45) is 2.34. The van der Waals surface area contributed by atoms with Crippen molar-refractivity contribution in [3.63, 3.8) is 0 Å². The summed E-state index contributed by atoms with van der Waals surface area (Å²) in [5, 5.41) is 8.98. The molecule has 0 amide bonds. The molecule has 1 aromatic carbocycles. The molecule has 1 N–H and O–H groups in total. The summed E-state index contributed by atoms with van der Waals surface area (Å²) in [6, 6.07) is 6.58. The summed E-state index contributed by atoms with van der Waals surface area (Å²) in [5.41, 5.74) is 0.168.